The molecule has 1 aromatic carbocycles. The van der Waals surface area contributed by atoms with Gasteiger partial charge in [0.15, 0.2) is 0 Å². The molecule has 3 rings (SSSR count). The summed E-state index contributed by atoms with van der Waals surface area (Å²) in [6.45, 7) is 4.83. The van der Waals surface area contributed by atoms with E-state index in [2.05, 4.69) is 15.5 Å². The quantitative estimate of drug-likeness (QED) is 0.794. The number of piperazine rings is 1. The molecule has 0 bridgehead atoms. The molecule has 2 amide bonds. The van der Waals surface area contributed by atoms with Gasteiger partial charge in [0.25, 0.3) is 0 Å². The fourth-order valence-electron chi connectivity index (χ4n) is 3.01. The van der Waals surface area contributed by atoms with E-state index in [9.17, 15) is 18.4 Å². The predicted octanol–water partition coefficient (Wildman–Crippen LogP) is 1.19. The van der Waals surface area contributed by atoms with Crippen LogP contribution in [0.15, 0.2) is 18.2 Å². The van der Waals surface area contributed by atoms with Gasteiger partial charge in [-0.25, -0.2) is 8.78 Å². The first-order chi connectivity index (χ1) is 12.4. The summed E-state index contributed by atoms with van der Waals surface area (Å²) in [6.07, 6.45) is 2.14. The lowest BCUT2D eigenvalue weighted by atomic mass is 10.2. The first kappa shape index (κ1) is 18.7. The van der Waals surface area contributed by atoms with E-state index < -0.39 is 17.7 Å². The van der Waals surface area contributed by atoms with Crippen LogP contribution in [0, 0.1) is 11.6 Å². The van der Waals surface area contributed by atoms with Crippen molar-refractivity contribution >= 4 is 17.5 Å². The number of benzene rings is 1. The number of carbonyl (C=O) groups excluding carboxylic acids is 2. The Labute approximate surface area is 151 Å². The molecule has 0 unspecified atom stereocenters. The summed E-state index contributed by atoms with van der Waals surface area (Å²) in [5.41, 5.74) is -0.0290. The Morgan fingerprint density at radius 3 is 2.50 bits per heavy atom. The van der Waals surface area contributed by atoms with E-state index in [1.807, 2.05) is 4.90 Å². The van der Waals surface area contributed by atoms with Crippen LogP contribution in [0.2, 0.25) is 0 Å². The summed E-state index contributed by atoms with van der Waals surface area (Å²) in [5, 5.41) is 5.48. The maximum atomic E-state index is 13.7. The van der Waals surface area contributed by atoms with Crippen LogP contribution in [0.5, 0.6) is 0 Å². The Bertz CT molecular complexity index is 673. The van der Waals surface area contributed by atoms with Gasteiger partial charge in [0.1, 0.15) is 11.6 Å². The summed E-state index contributed by atoms with van der Waals surface area (Å²) in [4.78, 5) is 28.3. The van der Waals surface area contributed by atoms with Gasteiger partial charge in [0.05, 0.1) is 18.3 Å². The highest BCUT2D eigenvalue weighted by atomic mass is 19.1. The molecule has 6 nitrogen and oxygen atoms in total. The van der Waals surface area contributed by atoms with Gasteiger partial charge in [-0.3, -0.25) is 19.4 Å². The second-order valence-corrected chi connectivity index (χ2v) is 6.94. The maximum Gasteiger partial charge on any atom is 0.241 e. The van der Waals surface area contributed by atoms with Crippen LogP contribution < -0.4 is 10.6 Å². The smallest absolute Gasteiger partial charge is 0.241 e. The Morgan fingerprint density at radius 1 is 1.19 bits per heavy atom. The van der Waals surface area contributed by atoms with Crippen LogP contribution in [0.25, 0.3) is 0 Å². The summed E-state index contributed by atoms with van der Waals surface area (Å²) < 4.78 is 26.6. The van der Waals surface area contributed by atoms with E-state index in [1.165, 1.54) is 6.07 Å². The number of nitrogens with zero attached hydrogens (tertiary/aromatic N) is 2. The molecule has 26 heavy (non-hydrogen) atoms. The number of nitrogens with one attached hydrogen (secondary N) is 2. The van der Waals surface area contributed by atoms with Crippen molar-refractivity contribution in [2.45, 2.75) is 31.8 Å². The van der Waals surface area contributed by atoms with Crippen molar-refractivity contribution in [1.29, 1.82) is 0 Å². The number of amides is 2. The van der Waals surface area contributed by atoms with Gasteiger partial charge in [-0.2, -0.15) is 0 Å². The molecule has 2 N–H and O–H groups in total. The fourth-order valence-corrected chi connectivity index (χ4v) is 3.01. The maximum absolute atomic E-state index is 13.7. The van der Waals surface area contributed by atoms with Gasteiger partial charge in [-0.05, 0) is 31.9 Å². The van der Waals surface area contributed by atoms with Crippen molar-refractivity contribution in [3.05, 3.63) is 29.8 Å². The summed E-state index contributed by atoms with van der Waals surface area (Å²) in [7, 11) is 0. The van der Waals surface area contributed by atoms with Gasteiger partial charge < -0.3 is 10.6 Å². The van der Waals surface area contributed by atoms with E-state index >= 15 is 0 Å². The number of hydrogen-bond acceptors (Lipinski definition) is 4. The largest absolute Gasteiger partial charge is 0.352 e. The highest BCUT2D eigenvalue weighted by Gasteiger charge is 2.28. The van der Waals surface area contributed by atoms with Gasteiger partial charge in [-0.1, -0.05) is 0 Å². The Morgan fingerprint density at radius 2 is 1.88 bits per heavy atom. The van der Waals surface area contributed by atoms with Crippen molar-refractivity contribution in [2.75, 3.05) is 38.0 Å². The van der Waals surface area contributed by atoms with Crippen LogP contribution in [-0.4, -0.2) is 66.4 Å². The standard InChI is InChI=1S/C18H24F2N4O2/c1-12(18(26)22-16-5-2-13(19)10-15(16)20)24-8-6-23(7-9-24)11-17(25)21-14-3-4-14/h2,5,10,12,14H,3-4,6-9,11H2,1H3,(H,21,25)(H,22,26)/t12-/m0/s1. The predicted molar refractivity (Wildman–Crippen MR) is 93.6 cm³/mol. The number of carbonyl (C=O) groups is 2. The van der Waals surface area contributed by atoms with Crippen LogP contribution in [0.3, 0.4) is 0 Å². The third-order valence-corrected chi connectivity index (χ3v) is 4.83. The van der Waals surface area contributed by atoms with Crippen LogP contribution in [0.4, 0.5) is 14.5 Å². The number of anilines is 1. The van der Waals surface area contributed by atoms with Crippen molar-refractivity contribution in [3.8, 4) is 0 Å². The molecule has 8 heteroatoms. The number of halogens is 2. The molecule has 142 valence electrons. The Balaban J connectivity index is 1.45. The molecule has 2 aliphatic rings. The van der Waals surface area contributed by atoms with Crippen molar-refractivity contribution in [2.24, 2.45) is 0 Å². The second kappa shape index (κ2) is 8.09. The lowest BCUT2D eigenvalue weighted by Crippen LogP contribution is -2.54. The summed E-state index contributed by atoms with van der Waals surface area (Å²) in [5.74, 6) is -1.76. The van der Waals surface area contributed by atoms with E-state index in [0.717, 1.165) is 25.0 Å². The molecular weight excluding hydrogens is 342 g/mol. The van der Waals surface area contributed by atoms with Gasteiger partial charge in [-0.15, -0.1) is 0 Å². The van der Waals surface area contributed by atoms with Crippen molar-refractivity contribution < 1.29 is 18.4 Å². The van der Waals surface area contributed by atoms with Crippen LogP contribution in [-0.2, 0) is 9.59 Å². The summed E-state index contributed by atoms with van der Waals surface area (Å²) >= 11 is 0. The zero-order valence-corrected chi connectivity index (χ0v) is 14.8. The first-order valence-electron chi connectivity index (χ1n) is 8.94. The minimum atomic E-state index is -0.794. The molecule has 2 fully saturated rings. The molecule has 1 heterocycles. The third-order valence-electron chi connectivity index (χ3n) is 4.83. The fraction of sp³-hybridized carbons (Fsp3) is 0.556. The zero-order valence-electron chi connectivity index (χ0n) is 14.8. The lowest BCUT2D eigenvalue weighted by Gasteiger charge is -2.37. The Hall–Kier alpha value is -2.06. The summed E-state index contributed by atoms with van der Waals surface area (Å²) in [6, 6.07) is 2.98. The number of hydrogen-bond donors (Lipinski definition) is 2. The topological polar surface area (TPSA) is 64.7 Å². The van der Waals surface area contributed by atoms with Gasteiger partial charge in [0, 0.05) is 38.3 Å². The van der Waals surface area contributed by atoms with E-state index in [4.69, 9.17) is 0 Å². The minimum Gasteiger partial charge on any atom is -0.352 e. The average molecular weight is 366 g/mol. The molecule has 1 aliphatic heterocycles. The van der Waals surface area contributed by atoms with Crippen LogP contribution >= 0.6 is 0 Å². The average Bonchev–Trinajstić information content (AvgIpc) is 3.41. The second-order valence-electron chi connectivity index (χ2n) is 6.94. The SMILES string of the molecule is C[C@@H](C(=O)Nc1ccc(F)cc1F)N1CCN(CC(=O)NC2CC2)CC1. The third kappa shape index (κ3) is 4.98. The number of rotatable bonds is 6. The molecule has 0 aromatic heterocycles. The molecule has 1 saturated carbocycles. The molecule has 1 aromatic rings. The molecule has 0 spiro atoms. The monoisotopic (exact) mass is 366 g/mol. The van der Waals surface area contributed by atoms with Crippen molar-refractivity contribution in [1.82, 2.24) is 15.1 Å². The zero-order chi connectivity index (χ0) is 18.7. The lowest BCUT2D eigenvalue weighted by molar-refractivity contribution is -0.124. The van der Waals surface area contributed by atoms with E-state index in [0.29, 0.717) is 38.8 Å². The minimum absolute atomic E-state index is 0.0290. The molecule has 1 atom stereocenters. The van der Waals surface area contributed by atoms with E-state index in [-0.39, 0.29) is 17.5 Å². The first-order valence-corrected chi connectivity index (χ1v) is 8.94. The van der Waals surface area contributed by atoms with Gasteiger partial charge in [0.2, 0.25) is 11.8 Å². The molecule has 1 saturated heterocycles. The highest BCUT2D eigenvalue weighted by Crippen LogP contribution is 2.19. The Kier molecular flexibility index (Phi) is 5.83. The van der Waals surface area contributed by atoms with Gasteiger partial charge >= 0.3 is 0 Å². The highest BCUT2D eigenvalue weighted by molar-refractivity contribution is 5.94. The van der Waals surface area contributed by atoms with Crippen LogP contribution in [0.1, 0.15) is 19.8 Å². The van der Waals surface area contributed by atoms with E-state index in [1.54, 1.807) is 6.92 Å². The molecule has 1 aliphatic carbocycles. The molecule has 0 radical (unpaired) electrons. The molecular formula is C18H24F2N4O2. The van der Waals surface area contributed by atoms with Crippen molar-refractivity contribution in [3.63, 3.8) is 0 Å². The normalized spacial score (nSPS) is 19.8.